The van der Waals surface area contributed by atoms with Gasteiger partial charge in [0, 0.05) is 18.7 Å². The molecule has 1 saturated heterocycles. The number of amidine groups is 1. The van der Waals surface area contributed by atoms with Gasteiger partial charge in [-0.3, -0.25) is 4.79 Å². The van der Waals surface area contributed by atoms with Crippen LogP contribution in [0.3, 0.4) is 0 Å². The number of aliphatic imine (C=N–C) groups is 1. The fraction of sp³-hybridized carbons (Fsp3) is 0.412. The van der Waals surface area contributed by atoms with Crippen LogP contribution in [-0.4, -0.2) is 43.3 Å². The Hall–Kier alpha value is -1.95. The lowest BCUT2D eigenvalue weighted by Gasteiger charge is -2.27. The molecule has 23 heavy (non-hydrogen) atoms. The van der Waals surface area contributed by atoms with Crippen LogP contribution in [0.15, 0.2) is 28.1 Å². The number of hydrogen-bond donors (Lipinski definition) is 0. The number of carbonyl (C=O) groups is 1. The SMILES string of the molecule is COc1cccc(/C=C2/SC(N3CCCCC3)=NC2=O)c1OC. The summed E-state index contributed by atoms with van der Waals surface area (Å²) in [6.07, 6.45) is 5.41. The van der Waals surface area contributed by atoms with Crippen molar-refractivity contribution in [2.75, 3.05) is 27.3 Å². The number of benzene rings is 1. The van der Waals surface area contributed by atoms with Crippen LogP contribution < -0.4 is 9.47 Å². The maximum absolute atomic E-state index is 12.2. The number of ether oxygens (including phenoxy) is 2. The van der Waals surface area contributed by atoms with Crippen molar-refractivity contribution in [3.8, 4) is 11.5 Å². The number of amides is 1. The third-order valence-corrected chi connectivity index (χ3v) is 5.00. The highest BCUT2D eigenvalue weighted by atomic mass is 32.2. The Bertz CT molecular complexity index is 664. The summed E-state index contributed by atoms with van der Waals surface area (Å²) in [4.78, 5) is 19.3. The summed E-state index contributed by atoms with van der Waals surface area (Å²) in [7, 11) is 3.20. The average Bonchev–Trinajstić information content (AvgIpc) is 2.96. The van der Waals surface area contributed by atoms with E-state index < -0.39 is 0 Å². The maximum Gasteiger partial charge on any atom is 0.286 e. The van der Waals surface area contributed by atoms with E-state index in [4.69, 9.17) is 9.47 Å². The monoisotopic (exact) mass is 332 g/mol. The van der Waals surface area contributed by atoms with Gasteiger partial charge in [0.1, 0.15) is 0 Å². The van der Waals surface area contributed by atoms with Crippen molar-refractivity contribution in [3.63, 3.8) is 0 Å². The zero-order chi connectivity index (χ0) is 16.2. The minimum Gasteiger partial charge on any atom is -0.493 e. The number of rotatable bonds is 3. The maximum atomic E-state index is 12.2. The molecule has 0 aromatic heterocycles. The topological polar surface area (TPSA) is 51.1 Å². The minimum absolute atomic E-state index is 0.180. The van der Waals surface area contributed by atoms with Gasteiger partial charge in [-0.15, -0.1) is 0 Å². The third kappa shape index (κ3) is 3.37. The van der Waals surface area contributed by atoms with E-state index in [0.717, 1.165) is 36.7 Å². The molecule has 2 heterocycles. The van der Waals surface area contributed by atoms with Crippen LogP contribution in [0.25, 0.3) is 6.08 Å². The summed E-state index contributed by atoms with van der Waals surface area (Å²) in [5.74, 6) is 1.09. The van der Waals surface area contributed by atoms with E-state index in [9.17, 15) is 4.79 Å². The van der Waals surface area contributed by atoms with Crippen molar-refractivity contribution in [2.45, 2.75) is 19.3 Å². The van der Waals surface area contributed by atoms with E-state index >= 15 is 0 Å². The quantitative estimate of drug-likeness (QED) is 0.796. The molecule has 0 saturated carbocycles. The van der Waals surface area contributed by atoms with Gasteiger partial charge in [-0.25, -0.2) is 0 Å². The highest BCUT2D eigenvalue weighted by molar-refractivity contribution is 8.18. The molecule has 0 radical (unpaired) electrons. The van der Waals surface area contributed by atoms with Gasteiger partial charge in [0.15, 0.2) is 16.7 Å². The Kier molecular flexibility index (Phi) is 4.91. The second-order valence-corrected chi connectivity index (χ2v) is 6.45. The molecule has 122 valence electrons. The molecule has 1 aromatic rings. The molecule has 1 aromatic carbocycles. The summed E-state index contributed by atoms with van der Waals surface area (Å²) in [6.45, 7) is 1.96. The van der Waals surface area contributed by atoms with Crippen LogP contribution in [0.1, 0.15) is 24.8 Å². The summed E-state index contributed by atoms with van der Waals surface area (Å²) >= 11 is 1.44. The van der Waals surface area contributed by atoms with E-state index in [-0.39, 0.29) is 5.91 Å². The van der Waals surface area contributed by atoms with Gasteiger partial charge in [-0.1, -0.05) is 12.1 Å². The Balaban J connectivity index is 1.83. The van der Waals surface area contributed by atoms with Gasteiger partial charge in [-0.05, 0) is 43.2 Å². The molecule has 0 spiro atoms. The summed E-state index contributed by atoms with van der Waals surface area (Å²) in [5.41, 5.74) is 0.817. The van der Waals surface area contributed by atoms with E-state index in [0.29, 0.717) is 16.4 Å². The molecule has 6 heteroatoms. The summed E-state index contributed by atoms with van der Waals surface area (Å²) < 4.78 is 10.7. The number of para-hydroxylation sites is 1. The molecule has 2 aliphatic rings. The number of piperidine rings is 1. The first-order valence-electron chi connectivity index (χ1n) is 7.71. The van der Waals surface area contributed by atoms with Crippen molar-refractivity contribution in [3.05, 3.63) is 28.7 Å². The molecule has 0 aliphatic carbocycles. The Morgan fingerprint density at radius 3 is 2.65 bits per heavy atom. The normalized spacial score (nSPS) is 19.9. The van der Waals surface area contributed by atoms with E-state index in [1.165, 1.54) is 18.2 Å². The smallest absolute Gasteiger partial charge is 0.286 e. The largest absolute Gasteiger partial charge is 0.493 e. The number of thioether (sulfide) groups is 1. The lowest BCUT2D eigenvalue weighted by molar-refractivity contribution is -0.113. The molecule has 0 bridgehead atoms. The number of likely N-dealkylation sites (tertiary alicyclic amines) is 1. The van der Waals surface area contributed by atoms with Crippen molar-refractivity contribution in [1.82, 2.24) is 4.90 Å². The van der Waals surface area contributed by atoms with Gasteiger partial charge in [-0.2, -0.15) is 4.99 Å². The summed E-state index contributed by atoms with van der Waals surface area (Å²) in [6, 6.07) is 5.62. The number of carbonyl (C=O) groups excluding carboxylic acids is 1. The lowest BCUT2D eigenvalue weighted by Crippen LogP contribution is -2.33. The highest BCUT2D eigenvalue weighted by Crippen LogP contribution is 2.36. The van der Waals surface area contributed by atoms with E-state index in [1.807, 2.05) is 24.3 Å². The molecule has 0 atom stereocenters. The number of nitrogens with zero attached hydrogens (tertiary/aromatic N) is 2. The standard InChI is InChI=1S/C17H20N2O3S/c1-21-13-8-6-7-12(15(13)22-2)11-14-16(20)18-17(23-14)19-9-4-3-5-10-19/h6-8,11H,3-5,9-10H2,1-2H3/b14-11+. The molecular formula is C17H20N2O3S. The molecule has 1 amide bonds. The molecule has 0 N–H and O–H groups in total. The van der Waals surface area contributed by atoms with Crippen molar-refractivity contribution in [2.24, 2.45) is 4.99 Å². The van der Waals surface area contributed by atoms with Gasteiger partial charge < -0.3 is 14.4 Å². The van der Waals surface area contributed by atoms with Crippen LogP contribution in [0, 0.1) is 0 Å². The third-order valence-electron chi connectivity index (χ3n) is 3.96. The average molecular weight is 332 g/mol. The predicted molar refractivity (Wildman–Crippen MR) is 93.0 cm³/mol. The van der Waals surface area contributed by atoms with Crippen molar-refractivity contribution < 1.29 is 14.3 Å². The molecule has 3 rings (SSSR count). The second-order valence-electron chi connectivity index (χ2n) is 5.44. The molecule has 2 aliphatic heterocycles. The second kappa shape index (κ2) is 7.08. The molecule has 1 fully saturated rings. The first kappa shape index (κ1) is 15.9. The first-order valence-corrected chi connectivity index (χ1v) is 8.53. The zero-order valence-electron chi connectivity index (χ0n) is 13.4. The summed E-state index contributed by atoms with van der Waals surface area (Å²) in [5, 5.41) is 0.822. The fourth-order valence-electron chi connectivity index (χ4n) is 2.79. The van der Waals surface area contributed by atoms with Crippen molar-refractivity contribution >= 4 is 28.9 Å². The number of methoxy groups -OCH3 is 2. The fourth-order valence-corrected chi connectivity index (χ4v) is 3.74. The predicted octanol–water partition coefficient (Wildman–Crippen LogP) is 3.16. The van der Waals surface area contributed by atoms with Crippen LogP contribution >= 0.6 is 11.8 Å². The van der Waals surface area contributed by atoms with Gasteiger partial charge in [0.2, 0.25) is 0 Å². The van der Waals surface area contributed by atoms with Crippen molar-refractivity contribution in [1.29, 1.82) is 0 Å². The van der Waals surface area contributed by atoms with Crippen LogP contribution in [0.2, 0.25) is 0 Å². The van der Waals surface area contributed by atoms with Gasteiger partial charge in [0.25, 0.3) is 5.91 Å². The zero-order valence-corrected chi connectivity index (χ0v) is 14.2. The highest BCUT2D eigenvalue weighted by Gasteiger charge is 2.27. The molecule has 0 unspecified atom stereocenters. The van der Waals surface area contributed by atoms with Gasteiger partial charge in [0.05, 0.1) is 19.1 Å². The van der Waals surface area contributed by atoms with Gasteiger partial charge >= 0.3 is 0 Å². The van der Waals surface area contributed by atoms with E-state index in [2.05, 4.69) is 9.89 Å². The minimum atomic E-state index is -0.180. The van der Waals surface area contributed by atoms with Crippen LogP contribution in [0.5, 0.6) is 11.5 Å². The lowest BCUT2D eigenvalue weighted by atomic mass is 10.1. The molecule has 5 nitrogen and oxygen atoms in total. The van der Waals surface area contributed by atoms with Crippen LogP contribution in [0.4, 0.5) is 0 Å². The first-order chi connectivity index (χ1) is 11.2. The number of hydrogen-bond acceptors (Lipinski definition) is 5. The van der Waals surface area contributed by atoms with Crippen LogP contribution in [-0.2, 0) is 4.79 Å². The Morgan fingerprint density at radius 2 is 1.96 bits per heavy atom. The molecular weight excluding hydrogens is 312 g/mol. The Labute approximate surface area is 140 Å². The van der Waals surface area contributed by atoms with E-state index in [1.54, 1.807) is 14.2 Å². The Morgan fingerprint density at radius 1 is 1.17 bits per heavy atom.